The van der Waals surface area contributed by atoms with Crippen LogP contribution in [0.25, 0.3) is 22.4 Å². The van der Waals surface area contributed by atoms with Gasteiger partial charge < -0.3 is 9.47 Å². The first-order chi connectivity index (χ1) is 12.7. The highest BCUT2D eigenvalue weighted by Gasteiger charge is 2.13. The Kier molecular flexibility index (Phi) is 4.10. The average molecular weight is 366 g/mol. The first-order valence-electron chi connectivity index (χ1n) is 7.74. The molecule has 0 saturated heterocycles. The van der Waals surface area contributed by atoms with E-state index in [1.165, 1.54) is 15.9 Å². The standard InChI is InChI=1S/C18H14N4O3S/c1-24-13-7-3-5-11(15(13)25-2)9-14-17(23)22-18(26-14)20-16(21-22)12-6-4-8-19-10-12/h3-10H,1-2H3/b14-9-. The lowest BCUT2D eigenvalue weighted by Crippen LogP contribution is -2.23. The van der Waals surface area contributed by atoms with Crippen LogP contribution in [0, 0.1) is 0 Å². The first-order valence-corrected chi connectivity index (χ1v) is 8.55. The number of hydrogen-bond acceptors (Lipinski definition) is 7. The van der Waals surface area contributed by atoms with Crippen molar-refractivity contribution in [3.05, 3.63) is 63.2 Å². The Hall–Kier alpha value is -3.26. The lowest BCUT2D eigenvalue weighted by Gasteiger charge is -2.09. The van der Waals surface area contributed by atoms with Gasteiger partial charge in [0.2, 0.25) is 4.96 Å². The summed E-state index contributed by atoms with van der Waals surface area (Å²) in [4.78, 5) is 21.7. The molecule has 0 atom stereocenters. The number of benzene rings is 1. The topological polar surface area (TPSA) is 78.6 Å². The van der Waals surface area contributed by atoms with Crippen molar-refractivity contribution < 1.29 is 9.47 Å². The Balaban J connectivity index is 1.84. The first kappa shape index (κ1) is 16.2. The zero-order valence-corrected chi connectivity index (χ0v) is 14.9. The van der Waals surface area contributed by atoms with Gasteiger partial charge >= 0.3 is 0 Å². The highest BCUT2D eigenvalue weighted by molar-refractivity contribution is 7.15. The quantitative estimate of drug-likeness (QED) is 0.548. The third-order valence-electron chi connectivity index (χ3n) is 3.82. The number of aromatic nitrogens is 4. The maximum Gasteiger partial charge on any atom is 0.291 e. The summed E-state index contributed by atoms with van der Waals surface area (Å²) in [7, 11) is 3.14. The van der Waals surface area contributed by atoms with Crippen LogP contribution in [0.1, 0.15) is 5.56 Å². The van der Waals surface area contributed by atoms with E-state index in [0.29, 0.717) is 26.8 Å². The monoisotopic (exact) mass is 366 g/mol. The van der Waals surface area contributed by atoms with Crippen LogP contribution in [0.5, 0.6) is 11.5 Å². The number of thiazole rings is 1. The molecule has 1 aromatic carbocycles. The van der Waals surface area contributed by atoms with Crippen molar-refractivity contribution in [1.29, 1.82) is 0 Å². The number of hydrogen-bond donors (Lipinski definition) is 0. The van der Waals surface area contributed by atoms with E-state index in [2.05, 4.69) is 15.1 Å². The largest absolute Gasteiger partial charge is 0.493 e. The molecule has 0 amide bonds. The molecule has 3 heterocycles. The third-order valence-corrected chi connectivity index (χ3v) is 4.78. The van der Waals surface area contributed by atoms with Crippen LogP contribution in [-0.4, -0.2) is 33.8 Å². The van der Waals surface area contributed by atoms with Gasteiger partial charge in [0.25, 0.3) is 5.56 Å². The Morgan fingerprint density at radius 1 is 1.15 bits per heavy atom. The third kappa shape index (κ3) is 2.70. The van der Waals surface area contributed by atoms with Crippen molar-refractivity contribution in [2.45, 2.75) is 0 Å². The number of nitrogens with zero attached hydrogens (tertiary/aromatic N) is 4. The summed E-state index contributed by atoms with van der Waals surface area (Å²) in [6.07, 6.45) is 5.10. The summed E-state index contributed by atoms with van der Waals surface area (Å²) in [5.74, 6) is 1.66. The molecule has 7 nitrogen and oxygen atoms in total. The van der Waals surface area contributed by atoms with E-state index in [9.17, 15) is 4.79 Å². The summed E-state index contributed by atoms with van der Waals surface area (Å²) >= 11 is 1.27. The summed E-state index contributed by atoms with van der Waals surface area (Å²) in [6.45, 7) is 0. The molecule has 8 heteroatoms. The second-order valence-corrected chi connectivity index (χ2v) is 6.38. The minimum absolute atomic E-state index is 0.225. The molecule has 0 fully saturated rings. The van der Waals surface area contributed by atoms with Gasteiger partial charge in [-0.2, -0.15) is 9.50 Å². The Morgan fingerprint density at radius 3 is 2.73 bits per heavy atom. The number of pyridine rings is 1. The molecule has 0 radical (unpaired) electrons. The van der Waals surface area contributed by atoms with E-state index in [0.717, 1.165) is 11.1 Å². The molecule has 4 rings (SSSR count). The van der Waals surface area contributed by atoms with Crippen LogP contribution >= 0.6 is 11.3 Å². The van der Waals surface area contributed by atoms with Crippen molar-refractivity contribution in [1.82, 2.24) is 19.6 Å². The SMILES string of the molecule is COc1cccc(/C=c2\sc3nc(-c4cccnc4)nn3c2=O)c1OC. The number of methoxy groups -OCH3 is 2. The van der Waals surface area contributed by atoms with Crippen molar-refractivity contribution in [3.63, 3.8) is 0 Å². The van der Waals surface area contributed by atoms with E-state index in [4.69, 9.17) is 9.47 Å². The lowest BCUT2D eigenvalue weighted by molar-refractivity contribution is 0.354. The second kappa shape index (κ2) is 6.57. The van der Waals surface area contributed by atoms with E-state index in [-0.39, 0.29) is 5.56 Å². The Bertz CT molecular complexity index is 1180. The van der Waals surface area contributed by atoms with Crippen LogP contribution in [-0.2, 0) is 0 Å². The summed E-state index contributed by atoms with van der Waals surface area (Å²) in [5.41, 5.74) is 1.29. The normalized spacial score (nSPS) is 11.8. The molecule has 0 aliphatic rings. The van der Waals surface area contributed by atoms with Gasteiger partial charge in [0.1, 0.15) is 0 Å². The number of fused-ring (bicyclic) bond motifs is 1. The maximum absolute atomic E-state index is 12.7. The molecule has 0 spiro atoms. The predicted molar refractivity (Wildman–Crippen MR) is 98.7 cm³/mol. The van der Waals surface area contributed by atoms with Crippen LogP contribution in [0.2, 0.25) is 0 Å². The van der Waals surface area contributed by atoms with Crippen LogP contribution in [0.3, 0.4) is 0 Å². The number of rotatable bonds is 4. The lowest BCUT2D eigenvalue weighted by atomic mass is 10.2. The van der Waals surface area contributed by atoms with Gasteiger partial charge in [0.15, 0.2) is 17.3 Å². The average Bonchev–Trinajstić information content (AvgIpc) is 3.22. The molecule has 130 valence electrons. The van der Waals surface area contributed by atoms with Crippen molar-refractivity contribution in [2.75, 3.05) is 14.2 Å². The fourth-order valence-corrected chi connectivity index (χ4v) is 3.52. The molecular weight excluding hydrogens is 352 g/mol. The zero-order valence-electron chi connectivity index (χ0n) is 14.0. The number of para-hydroxylation sites is 1. The van der Waals surface area contributed by atoms with Crippen molar-refractivity contribution >= 4 is 22.4 Å². The van der Waals surface area contributed by atoms with Gasteiger partial charge in [-0.3, -0.25) is 9.78 Å². The van der Waals surface area contributed by atoms with Crippen molar-refractivity contribution in [2.24, 2.45) is 0 Å². The summed E-state index contributed by atoms with van der Waals surface area (Å²) in [6, 6.07) is 9.16. The molecule has 0 saturated carbocycles. The zero-order chi connectivity index (χ0) is 18.1. The fraction of sp³-hybridized carbons (Fsp3) is 0.111. The summed E-state index contributed by atoms with van der Waals surface area (Å²) < 4.78 is 12.5. The van der Waals surface area contributed by atoms with Crippen LogP contribution < -0.4 is 19.6 Å². The van der Waals surface area contributed by atoms with Gasteiger partial charge in [-0.1, -0.05) is 23.5 Å². The van der Waals surface area contributed by atoms with Gasteiger partial charge in [0, 0.05) is 23.5 Å². The fourth-order valence-electron chi connectivity index (χ4n) is 2.62. The Morgan fingerprint density at radius 2 is 2.04 bits per heavy atom. The molecule has 0 N–H and O–H groups in total. The molecule has 26 heavy (non-hydrogen) atoms. The highest BCUT2D eigenvalue weighted by atomic mass is 32.1. The Labute approximate surface area is 152 Å². The van der Waals surface area contributed by atoms with E-state index < -0.39 is 0 Å². The minimum atomic E-state index is -0.225. The molecule has 3 aromatic heterocycles. The summed E-state index contributed by atoms with van der Waals surface area (Å²) in [5, 5.41) is 4.31. The van der Waals surface area contributed by atoms with Gasteiger partial charge in [0.05, 0.1) is 18.8 Å². The van der Waals surface area contributed by atoms with Gasteiger partial charge in [-0.15, -0.1) is 5.10 Å². The number of ether oxygens (including phenoxy) is 2. The van der Waals surface area contributed by atoms with Gasteiger partial charge in [-0.25, -0.2) is 0 Å². The maximum atomic E-state index is 12.7. The minimum Gasteiger partial charge on any atom is -0.493 e. The van der Waals surface area contributed by atoms with E-state index >= 15 is 0 Å². The smallest absolute Gasteiger partial charge is 0.291 e. The van der Waals surface area contributed by atoms with Crippen LogP contribution in [0.15, 0.2) is 47.5 Å². The molecule has 0 aliphatic carbocycles. The van der Waals surface area contributed by atoms with Crippen molar-refractivity contribution in [3.8, 4) is 22.9 Å². The van der Waals surface area contributed by atoms with E-state index in [1.807, 2.05) is 18.2 Å². The molecule has 0 unspecified atom stereocenters. The molecule has 4 aromatic rings. The van der Waals surface area contributed by atoms with Crippen LogP contribution in [0.4, 0.5) is 0 Å². The predicted octanol–water partition coefficient (Wildman–Crippen LogP) is 1.78. The highest BCUT2D eigenvalue weighted by Crippen LogP contribution is 2.31. The molecule has 0 aliphatic heterocycles. The molecule has 0 bridgehead atoms. The van der Waals surface area contributed by atoms with Gasteiger partial charge in [-0.05, 0) is 24.3 Å². The van der Waals surface area contributed by atoms with E-state index in [1.54, 1.807) is 44.8 Å². The molecular formula is C18H14N4O3S. The second-order valence-electron chi connectivity index (χ2n) is 5.37.